The minimum absolute atomic E-state index is 0.0674. The molecule has 0 spiro atoms. The fourth-order valence-corrected chi connectivity index (χ4v) is 3.60. The molecule has 0 unspecified atom stereocenters. The topological polar surface area (TPSA) is 41.5 Å². The number of alkyl halides is 2. The van der Waals surface area contributed by atoms with Crippen LogP contribution in [-0.4, -0.2) is 14.9 Å². The van der Waals surface area contributed by atoms with Gasteiger partial charge in [0.25, 0.3) is 0 Å². The second-order valence-electron chi connectivity index (χ2n) is 4.33. The van der Waals surface area contributed by atoms with E-state index in [0.29, 0.717) is 0 Å². The molecule has 17 heavy (non-hydrogen) atoms. The number of hydrogen-bond donors (Lipinski definition) is 1. The Balaban J connectivity index is 2.00. The molecule has 1 aliphatic rings. The maximum Gasteiger partial charge on any atom is 0.248 e. The van der Waals surface area contributed by atoms with Crippen LogP contribution in [0.15, 0.2) is 22.6 Å². The van der Waals surface area contributed by atoms with Crippen molar-refractivity contribution in [3.05, 3.63) is 22.4 Å². The zero-order chi connectivity index (χ0) is 12.7. The molecule has 3 nitrogen and oxygen atoms in total. The van der Waals surface area contributed by atoms with E-state index in [4.69, 9.17) is 0 Å². The molecule has 0 bridgehead atoms. The summed E-state index contributed by atoms with van der Waals surface area (Å²) < 4.78 is -0.274. The summed E-state index contributed by atoms with van der Waals surface area (Å²) in [7, 11) is 0. The van der Waals surface area contributed by atoms with E-state index in [1.165, 1.54) is 0 Å². The summed E-state index contributed by atoms with van der Waals surface area (Å²) in [5, 5.41) is 6.11. The Labute approximate surface area is 121 Å². The molecule has 1 fully saturated rings. The van der Waals surface area contributed by atoms with E-state index in [9.17, 15) is 4.79 Å². The molecule has 6 heteroatoms. The number of hydrogen-bond acceptors (Lipinski definition) is 3. The van der Waals surface area contributed by atoms with Crippen molar-refractivity contribution in [1.29, 1.82) is 0 Å². The van der Waals surface area contributed by atoms with Crippen LogP contribution in [0.25, 0.3) is 0 Å². The van der Waals surface area contributed by atoms with Gasteiger partial charge in [0.2, 0.25) is 5.91 Å². The highest BCUT2D eigenvalue weighted by molar-refractivity contribution is 9.25. The molecule has 0 aliphatic heterocycles. The van der Waals surface area contributed by atoms with Crippen molar-refractivity contribution in [3.63, 3.8) is 0 Å². The highest BCUT2D eigenvalue weighted by atomic mass is 79.9. The first-order valence-corrected chi connectivity index (χ1v) is 7.60. The Morgan fingerprint density at radius 3 is 2.71 bits per heavy atom. The Morgan fingerprint density at radius 1 is 1.59 bits per heavy atom. The van der Waals surface area contributed by atoms with E-state index in [-0.39, 0.29) is 9.14 Å². The summed E-state index contributed by atoms with van der Waals surface area (Å²) in [6.07, 6.45) is 0.763. The maximum absolute atomic E-state index is 11.9. The highest BCUT2D eigenvalue weighted by Crippen LogP contribution is 2.66. The quantitative estimate of drug-likeness (QED) is 0.487. The number of nitrogens with zero attached hydrogens (tertiary/aromatic N) is 1. The summed E-state index contributed by atoms with van der Waals surface area (Å²) >= 11 is 8.53. The third kappa shape index (κ3) is 2.48. The second-order valence-corrected chi connectivity index (χ2v) is 9.05. The largest absolute Gasteiger partial charge is 0.272 e. The number of carbonyl (C=O) groups excluding carboxylic acids is 1. The van der Waals surface area contributed by atoms with Gasteiger partial charge < -0.3 is 0 Å². The molecular weight excluding hydrogens is 368 g/mol. The van der Waals surface area contributed by atoms with Crippen LogP contribution in [0.4, 0.5) is 0 Å². The summed E-state index contributed by atoms with van der Waals surface area (Å²) in [6, 6.07) is 3.94. The van der Waals surface area contributed by atoms with Crippen LogP contribution in [0.1, 0.15) is 25.1 Å². The van der Waals surface area contributed by atoms with Crippen LogP contribution in [0.3, 0.4) is 0 Å². The van der Waals surface area contributed by atoms with E-state index in [1.807, 2.05) is 31.4 Å². The van der Waals surface area contributed by atoms with Gasteiger partial charge in [-0.2, -0.15) is 5.10 Å². The summed E-state index contributed by atoms with van der Waals surface area (Å²) in [5.41, 5.74) is 3.03. The Hall–Kier alpha value is -0.200. The Bertz CT molecular complexity index is 470. The minimum Gasteiger partial charge on any atom is -0.272 e. The zero-order valence-electron chi connectivity index (χ0n) is 9.46. The summed E-state index contributed by atoms with van der Waals surface area (Å²) in [5.74, 6) is -0.0674. The Kier molecular flexibility index (Phi) is 3.49. The van der Waals surface area contributed by atoms with E-state index in [2.05, 4.69) is 42.4 Å². The molecule has 0 aromatic carbocycles. The summed E-state index contributed by atoms with van der Waals surface area (Å²) in [6.45, 7) is 3.79. The first kappa shape index (κ1) is 13.2. The van der Waals surface area contributed by atoms with Crippen molar-refractivity contribution >= 4 is 54.8 Å². The predicted octanol–water partition coefficient (Wildman–Crippen LogP) is 3.48. The second kappa shape index (κ2) is 4.48. The SMILES string of the molecule is C/C(=N/NC(=O)[C@]1(C)CC1(Br)Br)c1cccs1. The normalized spacial score (nSPS) is 26.7. The van der Waals surface area contributed by atoms with Gasteiger partial charge in [0, 0.05) is 4.88 Å². The number of amides is 1. The van der Waals surface area contributed by atoms with E-state index >= 15 is 0 Å². The molecule has 1 aromatic heterocycles. The van der Waals surface area contributed by atoms with Crippen LogP contribution in [0, 0.1) is 5.41 Å². The van der Waals surface area contributed by atoms with Crippen LogP contribution in [-0.2, 0) is 4.79 Å². The van der Waals surface area contributed by atoms with Gasteiger partial charge in [-0.25, -0.2) is 5.43 Å². The zero-order valence-corrected chi connectivity index (χ0v) is 13.4. The van der Waals surface area contributed by atoms with Gasteiger partial charge in [0.15, 0.2) is 0 Å². The number of halogens is 2. The standard InChI is InChI=1S/C11H12Br2N2OS/c1-7(8-4-3-5-17-8)14-15-9(16)10(2)6-11(10,12)13/h3-5H,6H2,1-2H3,(H,15,16)/b14-7-/t10-/m0/s1. The molecule has 2 rings (SSSR count). The molecule has 0 radical (unpaired) electrons. The van der Waals surface area contributed by atoms with Gasteiger partial charge in [-0.05, 0) is 31.7 Å². The lowest BCUT2D eigenvalue weighted by atomic mass is 10.1. The molecule has 0 saturated heterocycles. The highest BCUT2D eigenvalue weighted by Gasteiger charge is 2.66. The van der Waals surface area contributed by atoms with Crippen molar-refractivity contribution in [2.75, 3.05) is 0 Å². The first-order chi connectivity index (χ1) is 7.87. The minimum atomic E-state index is -0.424. The molecule has 92 valence electrons. The maximum atomic E-state index is 11.9. The van der Waals surface area contributed by atoms with Gasteiger partial charge in [-0.1, -0.05) is 37.9 Å². The van der Waals surface area contributed by atoms with Crippen molar-refractivity contribution in [1.82, 2.24) is 5.43 Å². The van der Waals surface area contributed by atoms with Gasteiger partial charge in [0.1, 0.15) is 0 Å². The average Bonchev–Trinajstić information content (AvgIpc) is 2.73. The van der Waals surface area contributed by atoms with Gasteiger partial charge in [-0.15, -0.1) is 11.3 Å². The number of nitrogens with one attached hydrogen (secondary N) is 1. The number of carbonyl (C=O) groups is 1. The van der Waals surface area contributed by atoms with Gasteiger partial charge in [0.05, 0.1) is 14.4 Å². The summed E-state index contributed by atoms with van der Waals surface area (Å²) in [4.78, 5) is 13.0. The third-order valence-corrected chi connectivity index (χ3v) is 6.25. The monoisotopic (exact) mass is 378 g/mol. The van der Waals surface area contributed by atoms with Crippen molar-refractivity contribution in [3.8, 4) is 0 Å². The molecule has 1 N–H and O–H groups in total. The number of hydrazone groups is 1. The third-order valence-electron chi connectivity index (χ3n) is 2.96. The average molecular weight is 380 g/mol. The van der Waals surface area contributed by atoms with Crippen molar-refractivity contribution in [2.45, 2.75) is 23.5 Å². The van der Waals surface area contributed by atoms with E-state index < -0.39 is 5.41 Å². The molecule has 1 aromatic rings. The molecule has 1 atom stereocenters. The first-order valence-electron chi connectivity index (χ1n) is 5.13. The molecule has 1 saturated carbocycles. The molecule has 1 heterocycles. The van der Waals surface area contributed by atoms with E-state index in [0.717, 1.165) is 17.0 Å². The Morgan fingerprint density at radius 2 is 2.24 bits per heavy atom. The predicted molar refractivity (Wildman–Crippen MR) is 78.0 cm³/mol. The fraction of sp³-hybridized carbons (Fsp3) is 0.455. The van der Waals surface area contributed by atoms with Crippen LogP contribution < -0.4 is 5.43 Å². The van der Waals surface area contributed by atoms with Crippen LogP contribution >= 0.6 is 43.2 Å². The lowest BCUT2D eigenvalue weighted by Gasteiger charge is -2.10. The molecular formula is C11H12Br2N2OS. The lowest BCUT2D eigenvalue weighted by Crippen LogP contribution is -2.30. The van der Waals surface area contributed by atoms with Crippen molar-refractivity contribution in [2.24, 2.45) is 10.5 Å². The van der Waals surface area contributed by atoms with Crippen molar-refractivity contribution < 1.29 is 4.79 Å². The van der Waals surface area contributed by atoms with Crippen LogP contribution in [0.5, 0.6) is 0 Å². The van der Waals surface area contributed by atoms with Gasteiger partial charge in [-0.3, -0.25) is 4.79 Å². The van der Waals surface area contributed by atoms with E-state index in [1.54, 1.807) is 11.3 Å². The molecule has 1 amide bonds. The van der Waals surface area contributed by atoms with Gasteiger partial charge >= 0.3 is 0 Å². The molecule has 1 aliphatic carbocycles. The smallest absolute Gasteiger partial charge is 0.248 e. The number of thiophene rings is 1. The number of rotatable bonds is 3. The van der Waals surface area contributed by atoms with Crippen LogP contribution in [0.2, 0.25) is 0 Å². The lowest BCUT2D eigenvalue weighted by molar-refractivity contribution is -0.125. The fourth-order valence-electron chi connectivity index (χ4n) is 1.44.